The Morgan fingerprint density at radius 3 is 2.48 bits per heavy atom. The van der Waals surface area contributed by atoms with Crippen molar-refractivity contribution in [3.8, 4) is 16.4 Å². The first-order valence-electron chi connectivity index (χ1n) is 8.32. The molecular formula is C19H12Cl3N5OS. The highest BCUT2D eigenvalue weighted by Gasteiger charge is 2.15. The van der Waals surface area contributed by atoms with Crippen LogP contribution >= 0.6 is 46.1 Å². The number of aryl methyl sites for hydroxylation is 1. The van der Waals surface area contributed by atoms with Gasteiger partial charge in [-0.3, -0.25) is 9.89 Å². The Morgan fingerprint density at radius 1 is 1.03 bits per heavy atom. The third-order valence-electron chi connectivity index (χ3n) is 4.03. The second-order valence-electron chi connectivity index (χ2n) is 6.04. The van der Waals surface area contributed by atoms with Gasteiger partial charge in [-0.15, -0.1) is 21.6 Å². The number of aromatic amines is 1. The van der Waals surface area contributed by atoms with Gasteiger partial charge in [-0.05, 0) is 37.3 Å². The summed E-state index contributed by atoms with van der Waals surface area (Å²) < 4.78 is 1.34. The molecule has 0 aliphatic heterocycles. The molecule has 146 valence electrons. The predicted molar refractivity (Wildman–Crippen MR) is 118 cm³/mol. The number of azo groups is 1. The Hall–Kier alpha value is -2.45. The summed E-state index contributed by atoms with van der Waals surface area (Å²) >= 11 is 19.2. The average molecular weight is 465 g/mol. The highest BCUT2D eigenvalue weighted by Crippen LogP contribution is 2.30. The van der Waals surface area contributed by atoms with Gasteiger partial charge in [-0.2, -0.15) is 4.68 Å². The minimum Gasteiger partial charge on any atom is -0.291 e. The Morgan fingerprint density at radius 2 is 1.76 bits per heavy atom. The summed E-state index contributed by atoms with van der Waals surface area (Å²) in [5, 5.41) is 15.0. The average Bonchev–Trinajstić information content (AvgIpc) is 3.27. The summed E-state index contributed by atoms with van der Waals surface area (Å²) in [7, 11) is 0. The molecule has 0 radical (unpaired) electrons. The third-order valence-corrected chi connectivity index (χ3v) is 5.65. The van der Waals surface area contributed by atoms with Crippen LogP contribution in [0.15, 0.2) is 62.9 Å². The minimum atomic E-state index is -0.353. The second-order valence-corrected chi connectivity index (χ2v) is 8.16. The molecule has 2 aromatic carbocycles. The van der Waals surface area contributed by atoms with Gasteiger partial charge in [0.2, 0.25) is 5.13 Å². The van der Waals surface area contributed by atoms with Crippen molar-refractivity contribution < 1.29 is 0 Å². The minimum absolute atomic E-state index is 0.180. The molecule has 0 saturated heterocycles. The maximum Gasteiger partial charge on any atom is 0.301 e. The summed E-state index contributed by atoms with van der Waals surface area (Å²) in [5.41, 5.74) is 2.46. The number of halogens is 3. The van der Waals surface area contributed by atoms with E-state index in [1.807, 2.05) is 17.5 Å². The van der Waals surface area contributed by atoms with Gasteiger partial charge in [0.1, 0.15) is 5.69 Å². The van der Waals surface area contributed by atoms with Crippen LogP contribution in [-0.4, -0.2) is 14.8 Å². The number of nitrogens with one attached hydrogen (secondary N) is 1. The highest BCUT2D eigenvalue weighted by molar-refractivity contribution is 7.12. The number of nitrogens with zero attached hydrogens (tertiary/aromatic N) is 4. The first kappa shape index (κ1) is 19.8. The third kappa shape index (κ3) is 4.13. The van der Waals surface area contributed by atoms with Crippen LogP contribution in [0.1, 0.15) is 5.69 Å². The quantitative estimate of drug-likeness (QED) is 0.331. The molecule has 4 aromatic rings. The second kappa shape index (κ2) is 8.12. The number of benzene rings is 2. The van der Waals surface area contributed by atoms with Crippen LogP contribution in [0.25, 0.3) is 16.4 Å². The summed E-state index contributed by atoms with van der Waals surface area (Å²) in [4.78, 5) is 17.4. The topological polar surface area (TPSA) is 75.4 Å². The molecule has 0 amide bonds. The fourth-order valence-electron chi connectivity index (χ4n) is 2.58. The van der Waals surface area contributed by atoms with Crippen LogP contribution in [0.3, 0.4) is 0 Å². The van der Waals surface area contributed by atoms with Gasteiger partial charge >= 0.3 is 5.56 Å². The van der Waals surface area contributed by atoms with Gasteiger partial charge in [0.05, 0.1) is 16.4 Å². The zero-order chi connectivity index (χ0) is 20.5. The molecule has 0 atom stereocenters. The van der Waals surface area contributed by atoms with Gasteiger partial charge < -0.3 is 0 Å². The molecule has 2 heterocycles. The molecule has 1 N–H and O–H groups in total. The van der Waals surface area contributed by atoms with E-state index in [1.165, 1.54) is 16.0 Å². The maximum absolute atomic E-state index is 12.8. The SMILES string of the molecule is Cc1[nH]n(-c2nc(-c3ccc(Cl)cc3)cs2)c(=O)c1N=Nc1ccc(Cl)cc1Cl. The van der Waals surface area contributed by atoms with Gasteiger partial charge in [0, 0.05) is 21.0 Å². The Balaban J connectivity index is 1.66. The molecule has 2 aromatic heterocycles. The van der Waals surface area contributed by atoms with E-state index in [-0.39, 0.29) is 11.2 Å². The summed E-state index contributed by atoms with van der Waals surface area (Å²) in [5.74, 6) is 0. The van der Waals surface area contributed by atoms with E-state index in [4.69, 9.17) is 34.8 Å². The van der Waals surface area contributed by atoms with Crippen LogP contribution in [0.5, 0.6) is 0 Å². The van der Waals surface area contributed by atoms with E-state index in [1.54, 1.807) is 37.3 Å². The molecule has 0 fully saturated rings. The molecular weight excluding hydrogens is 453 g/mol. The number of thiazole rings is 1. The maximum atomic E-state index is 12.8. The molecule has 0 bridgehead atoms. The lowest BCUT2D eigenvalue weighted by atomic mass is 10.2. The molecule has 29 heavy (non-hydrogen) atoms. The van der Waals surface area contributed by atoms with Crippen molar-refractivity contribution in [3.05, 3.63) is 79.0 Å². The Bertz CT molecular complexity index is 1270. The molecule has 6 nitrogen and oxygen atoms in total. The lowest BCUT2D eigenvalue weighted by Gasteiger charge is -1.97. The smallest absolute Gasteiger partial charge is 0.291 e. The lowest BCUT2D eigenvalue weighted by molar-refractivity contribution is 0.827. The van der Waals surface area contributed by atoms with Gasteiger partial charge in [-0.1, -0.05) is 46.9 Å². The monoisotopic (exact) mass is 463 g/mol. The van der Waals surface area contributed by atoms with Crippen molar-refractivity contribution in [2.24, 2.45) is 10.2 Å². The van der Waals surface area contributed by atoms with Crippen molar-refractivity contribution in [3.63, 3.8) is 0 Å². The fourth-order valence-corrected chi connectivity index (χ4v) is 3.94. The van der Waals surface area contributed by atoms with E-state index < -0.39 is 0 Å². The van der Waals surface area contributed by atoms with Crippen LogP contribution in [-0.2, 0) is 0 Å². The van der Waals surface area contributed by atoms with Crippen LogP contribution in [0.2, 0.25) is 15.1 Å². The standard InChI is InChI=1S/C19H12Cl3N5OS/c1-10-17(25-24-15-7-6-13(21)8-14(15)22)18(28)27(26-10)19-23-16(9-29-19)11-2-4-12(20)5-3-11/h2-9,26H,1H3. The number of rotatable bonds is 4. The number of hydrogen-bond donors (Lipinski definition) is 1. The lowest BCUT2D eigenvalue weighted by Crippen LogP contribution is -2.13. The van der Waals surface area contributed by atoms with Crippen molar-refractivity contribution in [1.82, 2.24) is 14.8 Å². The van der Waals surface area contributed by atoms with Gasteiger partial charge in [-0.25, -0.2) is 4.98 Å². The van der Waals surface area contributed by atoms with Gasteiger partial charge in [0.15, 0.2) is 5.69 Å². The van der Waals surface area contributed by atoms with Crippen molar-refractivity contribution in [1.29, 1.82) is 0 Å². The first-order valence-corrected chi connectivity index (χ1v) is 10.3. The van der Waals surface area contributed by atoms with Crippen molar-refractivity contribution >= 4 is 57.5 Å². The van der Waals surface area contributed by atoms with Crippen LogP contribution in [0, 0.1) is 6.92 Å². The van der Waals surface area contributed by atoms with Crippen molar-refractivity contribution in [2.45, 2.75) is 6.92 Å². The zero-order valence-corrected chi connectivity index (χ0v) is 17.9. The van der Waals surface area contributed by atoms with E-state index in [2.05, 4.69) is 20.3 Å². The molecule has 0 aliphatic rings. The molecule has 4 rings (SSSR count). The zero-order valence-electron chi connectivity index (χ0n) is 14.9. The Kier molecular flexibility index (Phi) is 5.56. The number of hydrogen-bond acceptors (Lipinski definition) is 5. The van der Waals surface area contributed by atoms with Crippen LogP contribution in [0.4, 0.5) is 11.4 Å². The number of H-pyrrole nitrogens is 1. The normalized spacial score (nSPS) is 11.4. The van der Waals surface area contributed by atoms with E-state index in [0.717, 1.165) is 11.3 Å². The van der Waals surface area contributed by atoms with Gasteiger partial charge in [0.25, 0.3) is 0 Å². The molecule has 10 heteroatoms. The summed E-state index contributed by atoms with van der Waals surface area (Å²) in [6.07, 6.45) is 0. The number of aromatic nitrogens is 3. The molecule has 0 saturated carbocycles. The van der Waals surface area contributed by atoms with Crippen molar-refractivity contribution in [2.75, 3.05) is 0 Å². The largest absolute Gasteiger partial charge is 0.301 e. The molecule has 0 aliphatic carbocycles. The van der Waals surface area contributed by atoms with E-state index in [9.17, 15) is 4.79 Å². The highest BCUT2D eigenvalue weighted by atomic mass is 35.5. The van der Waals surface area contributed by atoms with E-state index in [0.29, 0.717) is 31.6 Å². The molecule has 0 unspecified atom stereocenters. The van der Waals surface area contributed by atoms with E-state index >= 15 is 0 Å². The summed E-state index contributed by atoms with van der Waals surface area (Å²) in [6, 6.07) is 12.2. The Labute approximate surface area is 184 Å². The molecule has 0 spiro atoms. The first-order chi connectivity index (χ1) is 13.9. The fraction of sp³-hybridized carbons (Fsp3) is 0.0526. The van der Waals surface area contributed by atoms with Crippen LogP contribution < -0.4 is 5.56 Å². The summed E-state index contributed by atoms with van der Waals surface area (Å²) in [6.45, 7) is 1.74. The predicted octanol–water partition coefficient (Wildman–Crippen LogP) is 6.97.